The first kappa shape index (κ1) is 39.2. The number of hydrogen-bond donors (Lipinski definition) is 0. The van der Waals surface area contributed by atoms with Gasteiger partial charge in [-0.2, -0.15) is 0 Å². The zero-order valence-electron chi connectivity index (χ0n) is 35.3. The van der Waals surface area contributed by atoms with E-state index in [2.05, 4.69) is 133 Å². The van der Waals surface area contributed by atoms with Crippen LogP contribution in [0.15, 0.2) is 138 Å². The normalized spacial score (nSPS) is 15.4. The summed E-state index contributed by atoms with van der Waals surface area (Å²) in [5.74, 6) is 2.07. The predicted molar refractivity (Wildman–Crippen MR) is 278 cm³/mol. The molecule has 2 saturated carbocycles. The monoisotopic (exact) mass is 920 g/mol. The van der Waals surface area contributed by atoms with Gasteiger partial charge in [0, 0.05) is 40.4 Å². The molecule has 64 heavy (non-hydrogen) atoms. The quantitative estimate of drug-likeness (QED) is 0.143. The summed E-state index contributed by atoms with van der Waals surface area (Å²) in [6, 6.07) is 49.9. The number of thiophene rings is 4. The SMILES string of the molecule is c1ccc2c(-c3ccc(-c4ccc(-c5nc6ccc(C7CCCCC7)cc6s5)s4)s3)c3ccccc3c(-c3ccc(-c4ccc(-c5nc6cc(C7CCCCC7)ccc6o5)s4)s3)c2c1. The van der Waals surface area contributed by atoms with Gasteiger partial charge < -0.3 is 4.42 Å². The van der Waals surface area contributed by atoms with Crippen molar-refractivity contribution in [3.63, 3.8) is 0 Å². The molecule has 6 aromatic heterocycles. The van der Waals surface area contributed by atoms with Gasteiger partial charge in [-0.05, 0) is 143 Å². The Balaban J connectivity index is 0.808. The number of thiazole rings is 1. The topological polar surface area (TPSA) is 38.9 Å². The molecule has 3 nitrogen and oxygen atoms in total. The fraction of sp³-hybridized carbons (Fsp3) is 0.214. The number of benzene rings is 5. The van der Waals surface area contributed by atoms with Gasteiger partial charge in [-0.1, -0.05) is 99.2 Å². The maximum Gasteiger partial charge on any atom is 0.237 e. The standard InChI is InChI=1S/C56H44N2OS5/c1-3-11-33(12-4-1)35-20-22-43-42(31-35)57-55(59-43)50-29-25-46(62-50)44-23-27-48(60-44)53-37-15-7-9-17-39(37)54(40-18-10-8-16-38(40)53)49-28-24-45(61-49)47-26-30-51(63-47)56-58-41-21-19-36(32-52(41)64-56)34-13-5-2-6-14-34/h7-10,15-34H,1-6,11-14H2. The molecule has 0 radical (unpaired) electrons. The van der Waals surface area contributed by atoms with Crippen molar-refractivity contribution in [2.24, 2.45) is 0 Å². The summed E-state index contributed by atoms with van der Waals surface area (Å²) < 4.78 is 7.65. The van der Waals surface area contributed by atoms with Crippen LogP contribution in [0, 0.1) is 0 Å². The maximum absolute atomic E-state index is 6.34. The molecule has 13 rings (SSSR count). The molecule has 0 unspecified atom stereocenters. The minimum atomic E-state index is 0.648. The van der Waals surface area contributed by atoms with E-state index in [0.29, 0.717) is 17.7 Å². The summed E-state index contributed by atoms with van der Waals surface area (Å²) in [6.07, 6.45) is 13.3. The lowest BCUT2D eigenvalue weighted by Gasteiger charge is -2.21. The van der Waals surface area contributed by atoms with Crippen molar-refractivity contribution in [3.8, 4) is 61.0 Å². The van der Waals surface area contributed by atoms with Crippen molar-refractivity contribution in [1.29, 1.82) is 0 Å². The Morgan fingerprint density at radius 1 is 0.391 bits per heavy atom. The van der Waals surface area contributed by atoms with Gasteiger partial charge in [0.25, 0.3) is 0 Å². The molecule has 0 atom stereocenters. The Kier molecular flexibility index (Phi) is 10.00. The molecule has 0 bridgehead atoms. The second kappa shape index (κ2) is 16.3. The number of fused-ring (bicyclic) bond motifs is 4. The summed E-state index contributed by atoms with van der Waals surface area (Å²) in [6.45, 7) is 0. The highest BCUT2D eigenvalue weighted by atomic mass is 32.1. The van der Waals surface area contributed by atoms with Crippen molar-refractivity contribution >= 4 is 99.5 Å². The molecule has 0 aliphatic heterocycles. The van der Waals surface area contributed by atoms with Gasteiger partial charge in [0.15, 0.2) is 5.58 Å². The third-order valence-electron chi connectivity index (χ3n) is 13.7. The summed E-state index contributed by atoms with van der Waals surface area (Å²) >= 11 is 9.23. The van der Waals surface area contributed by atoms with E-state index in [9.17, 15) is 0 Å². The smallest absolute Gasteiger partial charge is 0.237 e. The number of rotatable bonds is 8. The van der Waals surface area contributed by atoms with Crippen LogP contribution >= 0.6 is 56.7 Å². The average molecular weight is 921 g/mol. The Hall–Kier alpha value is -5.22. The van der Waals surface area contributed by atoms with Gasteiger partial charge in [-0.15, -0.1) is 56.7 Å². The van der Waals surface area contributed by atoms with E-state index in [1.165, 1.54) is 147 Å². The number of aromatic nitrogens is 2. The van der Waals surface area contributed by atoms with Crippen LogP contribution in [-0.2, 0) is 0 Å². The van der Waals surface area contributed by atoms with Crippen LogP contribution in [0.4, 0.5) is 0 Å². The molecule has 0 amide bonds. The molecule has 2 fully saturated rings. The zero-order valence-corrected chi connectivity index (χ0v) is 39.4. The molecule has 2 aliphatic carbocycles. The first-order chi connectivity index (χ1) is 31.7. The van der Waals surface area contributed by atoms with Crippen LogP contribution < -0.4 is 0 Å². The number of hydrogen-bond acceptors (Lipinski definition) is 8. The van der Waals surface area contributed by atoms with E-state index in [0.717, 1.165) is 26.5 Å². The third-order valence-corrected chi connectivity index (χ3v) is 19.7. The highest BCUT2D eigenvalue weighted by molar-refractivity contribution is 7.28. The maximum atomic E-state index is 6.34. The van der Waals surface area contributed by atoms with Gasteiger partial charge in [0.1, 0.15) is 10.5 Å². The highest BCUT2D eigenvalue weighted by Crippen LogP contribution is 2.50. The largest absolute Gasteiger partial charge is 0.435 e. The van der Waals surface area contributed by atoms with Gasteiger partial charge in [0.2, 0.25) is 5.89 Å². The Morgan fingerprint density at radius 2 is 0.859 bits per heavy atom. The van der Waals surface area contributed by atoms with Gasteiger partial charge in [-0.3, -0.25) is 0 Å². The van der Waals surface area contributed by atoms with Crippen molar-refractivity contribution in [2.75, 3.05) is 0 Å². The molecule has 6 heterocycles. The molecule has 0 saturated heterocycles. The summed E-state index contributed by atoms with van der Waals surface area (Å²) in [4.78, 5) is 20.1. The van der Waals surface area contributed by atoms with E-state index in [-0.39, 0.29) is 0 Å². The Labute approximate surface area is 392 Å². The lowest BCUT2D eigenvalue weighted by molar-refractivity contribution is 0.444. The second-order valence-corrected chi connectivity index (χ2v) is 23.0. The van der Waals surface area contributed by atoms with Crippen molar-refractivity contribution < 1.29 is 4.42 Å². The van der Waals surface area contributed by atoms with Crippen LogP contribution in [0.25, 0.3) is 104 Å². The minimum absolute atomic E-state index is 0.648. The molecule has 5 aromatic carbocycles. The number of oxazole rings is 1. The van der Waals surface area contributed by atoms with Crippen LogP contribution in [0.3, 0.4) is 0 Å². The van der Waals surface area contributed by atoms with Crippen LogP contribution in [0.1, 0.15) is 87.2 Å². The predicted octanol–water partition coefficient (Wildman–Crippen LogP) is 19.1. The van der Waals surface area contributed by atoms with Crippen LogP contribution in [0.5, 0.6) is 0 Å². The van der Waals surface area contributed by atoms with E-state index < -0.39 is 0 Å². The van der Waals surface area contributed by atoms with E-state index in [4.69, 9.17) is 14.4 Å². The molecular formula is C56H44N2OS5. The Bertz CT molecular complexity index is 3220. The molecule has 0 spiro atoms. The molecule has 11 aromatic rings. The highest BCUT2D eigenvalue weighted by Gasteiger charge is 2.23. The van der Waals surface area contributed by atoms with E-state index >= 15 is 0 Å². The summed E-state index contributed by atoms with van der Waals surface area (Å²) in [5.41, 5.74) is 8.48. The van der Waals surface area contributed by atoms with Gasteiger partial charge in [-0.25, -0.2) is 9.97 Å². The fourth-order valence-electron chi connectivity index (χ4n) is 10.5. The average Bonchev–Trinajstić information content (AvgIpc) is 4.21. The van der Waals surface area contributed by atoms with Crippen LogP contribution in [0.2, 0.25) is 0 Å². The van der Waals surface area contributed by atoms with Crippen molar-refractivity contribution in [1.82, 2.24) is 9.97 Å². The molecule has 314 valence electrons. The molecule has 0 N–H and O–H groups in total. The molecule has 8 heteroatoms. The summed E-state index contributed by atoms with van der Waals surface area (Å²) in [7, 11) is 0. The first-order valence-corrected chi connectivity index (χ1v) is 26.9. The third kappa shape index (κ3) is 7.01. The lowest BCUT2D eigenvalue weighted by Crippen LogP contribution is -2.04. The fourth-order valence-corrected chi connectivity index (χ4v) is 15.9. The molecule has 2 aliphatic rings. The van der Waals surface area contributed by atoms with Crippen molar-refractivity contribution in [3.05, 3.63) is 145 Å². The number of nitrogens with zero attached hydrogens (tertiary/aromatic N) is 2. The van der Waals surface area contributed by atoms with E-state index in [1.54, 1.807) is 11.3 Å². The van der Waals surface area contributed by atoms with Gasteiger partial charge in [0.05, 0.1) is 20.0 Å². The van der Waals surface area contributed by atoms with Crippen molar-refractivity contribution in [2.45, 2.75) is 76.0 Å². The lowest BCUT2D eigenvalue weighted by atomic mass is 9.84. The zero-order chi connectivity index (χ0) is 42.1. The van der Waals surface area contributed by atoms with Gasteiger partial charge >= 0.3 is 0 Å². The van der Waals surface area contributed by atoms with Crippen LogP contribution in [-0.4, -0.2) is 9.97 Å². The first-order valence-electron chi connectivity index (χ1n) is 22.8. The summed E-state index contributed by atoms with van der Waals surface area (Å²) in [5, 5.41) is 6.26. The second-order valence-electron chi connectivity index (χ2n) is 17.7. The Morgan fingerprint density at radius 3 is 1.44 bits per heavy atom. The minimum Gasteiger partial charge on any atom is -0.435 e. The van der Waals surface area contributed by atoms with E-state index in [1.807, 2.05) is 45.3 Å². The molecular weight excluding hydrogens is 877 g/mol.